The number of carbonyl (C=O) groups is 1. The Kier molecular flexibility index (Phi) is 5.57. The minimum absolute atomic E-state index is 0.317. The van der Waals surface area contributed by atoms with E-state index >= 15 is 0 Å². The zero-order valence-corrected chi connectivity index (χ0v) is 15.7. The van der Waals surface area contributed by atoms with Gasteiger partial charge in [0, 0.05) is 6.20 Å². The lowest BCUT2D eigenvalue weighted by atomic mass is 9.71. The average Bonchev–Trinajstić information content (AvgIpc) is 2.69. The third-order valence-corrected chi connectivity index (χ3v) is 6.19. The third-order valence-electron chi connectivity index (χ3n) is 4.98. The first kappa shape index (κ1) is 19.1. The van der Waals surface area contributed by atoms with E-state index in [0.717, 1.165) is 19.3 Å². The molecule has 0 aliphatic heterocycles. The monoisotopic (exact) mass is 383 g/mol. The summed E-state index contributed by atoms with van der Waals surface area (Å²) in [6.45, 7) is 0. The van der Waals surface area contributed by atoms with E-state index in [-0.39, 0.29) is 5.75 Å². The SMILES string of the molecule is N#Cc1ccc(CS(=O)(=O)NC(=O)C2(c3ccccn3)CCCCC2)cc1. The van der Waals surface area contributed by atoms with Crippen molar-refractivity contribution in [3.63, 3.8) is 0 Å². The van der Waals surface area contributed by atoms with E-state index < -0.39 is 21.3 Å². The van der Waals surface area contributed by atoms with Crippen molar-refractivity contribution in [1.29, 1.82) is 5.26 Å². The van der Waals surface area contributed by atoms with Gasteiger partial charge in [0.2, 0.25) is 15.9 Å². The molecule has 27 heavy (non-hydrogen) atoms. The number of carbonyl (C=O) groups excluding carboxylic acids is 1. The van der Waals surface area contributed by atoms with Crippen molar-refractivity contribution in [3.05, 3.63) is 65.5 Å². The van der Waals surface area contributed by atoms with E-state index in [2.05, 4.69) is 9.71 Å². The van der Waals surface area contributed by atoms with Crippen molar-refractivity contribution in [1.82, 2.24) is 9.71 Å². The Bertz CT molecular complexity index is 942. The van der Waals surface area contributed by atoms with Gasteiger partial charge >= 0.3 is 0 Å². The molecule has 0 bridgehead atoms. The first-order valence-corrected chi connectivity index (χ1v) is 10.6. The number of nitrogens with one attached hydrogen (secondary N) is 1. The molecule has 1 aliphatic rings. The summed E-state index contributed by atoms with van der Waals surface area (Å²) >= 11 is 0. The van der Waals surface area contributed by atoms with Crippen LogP contribution in [0.2, 0.25) is 0 Å². The van der Waals surface area contributed by atoms with Gasteiger partial charge in [-0.1, -0.05) is 37.5 Å². The van der Waals surface area contributed by atoms with Gasteiger partial charge in [-0.25, -0.2) is 8.42 Å². The number of aromatic nitrogens is 1. The largest absolute Gasteiger partial charge is 0.273 e. The van der Waals surface area contributed by atoms with Gasteiger partial charge in [-0.15, -0.1) is 0 Å². The number of hydrogen-bond acceptors (Lipinski definition) is 5. The Hall–Kier alpha value is -2.72. The van der Waals surface area contributed by atoms with Crippen LogP contribution in [0.25, 0.3) is 0 Å². The molecule has 140 valence electrons. The highest BCUT2D eigenvalue weighted by Gasteiger charge is 2.43. The maximum atomic E-state index is 13.1. The Morgan fingerprint density at radius 3 is 2.41 bits per heavy atom. The van der Waals surface area contributed by atoms with Crippen LogP contribution in [0.1, 0.15) is 48.9 Å². The van der Waals surface area contributed by atoms with E-state index in [4.69, 9.17) is 5.26 Å². The minimum atomic E-state index is -3.86. The van der Waals surface area contributed by atoms with Gasteiger partial charge < -0.3 is 0 Å². The molecule has 0 unspecified atom stereocenters. The highest BCUT2D eigenvalue weighted by molar-refractivity contribution is 7.89. The molecule has 2 aromatic rings. The fourth-order valence-corrected chi connectivity index (χ4v) is 4.75. The number of amides is 1. The molecule has 1 fully saturated rings. The Morgan fingerprint density at radius 1 is 1.11 bits per heavy atom. The summed E-state index contributed by atoms with van der Waals surface area (Å²) in [6.07, 6.45) is 5.55. The molecule has 1 amide bonds. The second-order valence-electron chi connectivity index (χ2n) is 6.86. The number of nitriles is 1. The van der Waals surface area contributed by atoms with Crippen molar-refractivity contribution in [2.45, 2.75) is 43.3 Å². The van der Waals surface area contributed by atoms with Crippen LogP contribution in [-0.2, 0) is 26.0 Å². The lowest BCUT2D eigenvalue weighted by Gasteiger charge is -2.35. The van der Waals surface area contributed by atoms with Crippen LogP contribution in [0.5, 0.6) is 0 Å². The normalized spacial score (nSPS) is 16.3. The lowest BCUT2D eigenvalue weighted by molar-refractivity contribution is -0.126. The first-order chi connectivity index (χ1) is 13.0. The maximum absolute atomic E-state index is 13.1. The number of pyridine rings is 1. The summed E-state index contributed by atoms with van der Waals surface area (Å²) in [7, 11) is -3.86. The Labute approximate surface area is 159 Å². The molecule has 0 saturated heterocycles. The van der Waals surface area contributed by atoms with E-state index in [0.29, 0.717) is 29.7 Å². The summed E-state index contributed by atoms with van der Waals surface area (Å²) < 4.78 is 27.4. The smallest absolute Gasteiger partial charge is 0.245 e. The van der Waals surface area contributed by atoms with E-state index in [1.165, 1.54) is 0 Å². The highest BCUT2D eigenvalue weighted by atomic mass is 32.2. The summed E-state index contributed by atoms with van der Waals surface area (Å²) in [5.74, 6) is -0.822. The summed E-state index contributed by atoms with van der Waals surface area (Å²) in [6, 6.07) is 13.7. The van der Waals surface area contributed by atoms with Crippen molar-refractivity contribution in [2.75, 3.05) is 0 Å². The van der Waals surface area contributed by atoms with Crippen LogP contribution in [0.3, 0.4) is 0 Å². The van der Waals surface area contributed by atoms with E-state index in [9.17, 15) is 13.2 Å². The fourth-order valence-electron chi connectivity index (χ4n) is 3.57. The highest BCUT2D eigenvalue weighted by Crippen LogP contribution is 2.39. The standard InChI is InChI=1S/C20H21N3O3S/c21-14-16-7-9-17(10-8-16)15-27(25,26)23-19(24)20(11-3-1-4-12-20)18-6-2-5-13-22-18/h2,5-10,13H,1,3-4,11-12,15H2,(H,23,24). The molecule has 1 saturated carbocycles. The zero-order valence-electron chi connectivity index (χ0n) is 14.9. The average molecular weight is 383 g/mol. The zero-order chi connectivity index (χ0) is 19.3. The molecule has 3 rings (SSSR count). The van der Waals surface area contributed by atoms with Crippen molar-refractivity contribution < 1.29 is 13.2 Å². The quantitative estimate of drug-likeness (QED) is 0.856. The van der Waals surface area contributed by atoms with E-state index in [1.54, 1.807) is 42.6 Å². The molecule has 1 heterocycles. The van der Waals surface area contributed by atoms with Crippen LogP contribution in [0.15, 0.2) is 48.7 Å². The van der Waals surface area contributed by atoms with Crippen LogP contribution in [-0.4, -0.2) is 19.3 Å². The van der Waals surface area contributed by atoms with Crippen LogP contribution < -0.4 is 4.72 Å². The Morgan fingerprint density at radius 2 is 1.81 bits per heavy atom. The second-order valence-corrected chi connectivity index (χ2v) is 8.58. The third kappa shape index (κ3) is 4.34. The number of benzene rings is 1. The molecule has 6 nitrogen and oxygen atoms in total. The number of nitrogens with zero attached hydrogens (tertiary/aromatic N) is 2. The summed E-state index contributed by atoms with van der Waals surface area (Å²) in [4.78, 5) is 17.4. The number of rotatable bonds is 5. The molecule has 7 heteroatoms. The molecular formula is C20H21N3O3S. The molecule has 1 aromatic heterocycles. The predicted octanol–water partition coefficient (Wildman–Crippen LogP) is 2.80. The predicted molar refractivity (Wildman–Crippen MR) is 101 cm³/mol. The molecule has 1 aliphatic carbocycles. The van der Waals surface area contributed by atoms with Gasteiger partial charge in [0.1, 0.15) is 0 Å². The minimum Gasteiger partial charge on any atom is -0.273 e. The summed E-state index contributed by atoms with van der Waals surface area (Å²) in [5, 5.41) is 8.83. The summed E-state index contributed by atoms with van der Waals surface area (Å²) in [5.41, 5.74) is 0.689. The molecule has 1 N–H and O–H groups in total. The van der Waals surface area contributed by atoms with Crippen molar-refractivity contribution in [3.8, 4) is 6.07 Å². The van der Waals surface area contributed by atoms with E-state index in [1.807, 2.05) is 12.1 Å². The van der Waals surface area contributed by atoms with Gasteiger partial charge in [0.15, 0.2) is 0 Å². The van der Waals surface area contributed by atoms with Gasteiger partial charge in [0.25, 0.3) is 0 Å². The Balaban J connectivity index is 1.81. The van der Waals surface area contributed by atoms with Gasteiger partial charge in [-0.05, 0) is 42.7 Å². The van der Waals surface area contributed by atoms with Crippen molar-refractivity contribution >= 4 is 15.9 Å². The number of sulfonamides is 1. The van der Waals surface area contributed by atoms with Gasteiger partial charge in [-0.2, -0.15) is 5.26 Å². The molecule has 0 spiro atoms. The van der Waals surface area contributed by atoms with Gasteiger partial charge in [-0.3, -0.25) is 14.5 Å². The second kappa shape index (κ2) is 7.89. The molecule has 0 atom stereocenters. The van der Waals surface area contributed by atoms with Crippen molar-refractivity contribution in [2.24, 2.45) is 0 Å². The van der Waals surface area contributed by atoms with Crippen LogP contribution in [0.4, 0.5) is 0 Å². The molecular weight excluding hydrogens is 362 g/mol. The van der Waals surface area contributed by atoms with Gasteiger partial charge in [0.05, 0.1) is 28.5 Å². The van der Waals surface area contributed by atoms with Crippen LogP contribution >= 0.6 is 0 Å². The first-order valence-electron chi connectivity index (χ1n) is 8.91. The topological polar surface area (TPSA) is 99.9 Å². The molecule has 1 aromatic carbocycles. The lowest BCUT2D eigenvalue weighted by Crippen LogP contribution is -2.48. The van der Waals surface area contributed by atoms with Crippen LogP contribution in [0, 0.1) is 11.3 Å². The fraction of sp³-hybridized carbons (Fsp3) is 0.350. The molecule has 0 radical (unpaired) electrons. The number of hydrogen-bond donors (Lipinski definition) is 1. The maximum Gasteiger partial charge on any atom is 0.245 e.